The van der Waals surface area contributed by atoms with E-state index >= 15 is 0 Å². The van der Waals surface area contributed by atoms with Gasteiger partial charge in [0.15, 0.2) is 0 Å². The first kappa shape index (κ1) is 23.0. The van der Waals surface area contributed by atoms with Gasteiger partial charge in [-0.1, -0.05) is 20.4 Å². The molecular formula is C19H24F3N7O. The molecule has 0 fully saturated rings. The Balaban J connectivity index is 2.19. The van der Waals surface area contributed by atoms with Crippen LogP contribution in [0.15, 0.2) is 35.8 Å². The predicted molar refractivity (Wildman–Crippen MR) is 105 cm³/mol. The maximum Gasteiger partial charge on any atom is 0.389 e. The average Bonchev–Trinajstić information content (AvgIpc) is 3.14. The van der Waals surface area contributed by atoms with Crippen LogP contribution in [0.2, 0.25) is 0 Å². The highest BCUT2D eigenvalue weighted by Gasteiger charge is 2.27. The van der Waals surface area contributed by atoms with E-state index in [1.54, 1.807) is 11.9 Å². The summed E-state index contributed by atoms with van der Waals surface area (Å²) in [6.45, 7) is 9.97. The summed E-state index contributed by atoms with van der Waals surface area (Å²) in [5.41, 5.74) is 7.78. The van der Waals surface area contributed by atoms with Crippen molar-refractivity contribution < 1.29 is 18.0 Å². The Morgan fingerprint density at radius 1 is 1.33 bits per heavy atom. The summed E-state index contributed by atoms with van der Waals surface area (Å²) in [5.74, 6) is -0.445. The molecule has 8 nitrogen and oxygen atoms in total. The molecule has 0 aliphatic carbocycles. The number of aryl methyl sites for hydroxylation is 1. The van der Waals surface area contributed by atoms with Gasteiger partial charge in [0.05, 0.1) is 24.4 Å². The smallest absolute Gasteiger partial charge is 0.364 e. The summed E-state index contributed by atoms with van der Waals surface area (Å²) in [6, 6.07) is 1.53. The van der Waals surface area contributed by atoms with Crippen molar-refractivity contribution in [2.45, 2.75) is 46.3 Å². The van der Waals surface area contributed by atoms with Crippen LogP contribution in [-0.4, -0.2) is 43.0 Å². The van der Waals surface area contributed by atoms with E-state index in [0.29, 0.717) is 22.7 Å². The third kappa shape index (κ3) is 6.68. The third-order valence-corrected chi connectivity index (χ3v) is 4.23. The molecule has 3 N–H and O–H groups in total. The van der Waals surface area contributed by atoms with Crippen LogP contribution in [0.3, 0.4) is 0 Å². The summed E-state index contributed by atoms with van der Waals surface area (Å²) in [4.78, 5) is 19.2. The monoisotopic (exact) mass is 423 g/mol. The molecule has 2 aromatic rings. The van der Waals surface area contributed by atoms with Crippen molar-refractivity contribution in [3.8, 4) is 0 Å². The lowest BCUT2D eigenvalue weighted by molar-refractivity contribution is -0.134. The summed E-state index contributed by atoms with van der Waals surface area (Å²) in [6.07, 6.45) is -2.63. The maximum absolute atomic E-state index is 12.3. The summed E-state index contributed by atoms with van der Waals surface area (Å²) in [7, 11) is 0. The molecule has 0 aliphatic heterocycles. The van der Waals surface area contributed by atoms with Gasteiger partial charge in [0, 0.05) is 30.1 Å². The van der Waals surface area contributed by atoms with Gasteiger partial charge < -0.3 is 5.73 Å². The van der Waals surface area contributed by atoms with E-state index in [4.69, 9.17) is 5.73 Å². The molecule has 0 bridgehead atoms. The molecule has 0 spiro atoms. The number of primary amides is 1. The molecule has 30 heavy (non-hydrogen) atoms. The number of nitrogens with two attached hydrogens (primary N) is 1. The predicted octanol–water partition coefficient (Wildman–Crippen LogP) is 3.19. The molecule has 0 radical (unpaired) electrons. The van der Waals surface area contributed by atoms with Crippen molar-refractivity contribution in [1.29, 1.82) is 0 Å². The standard InChI is InChI=1S/C19H24F3N7O/c1-11(2)13(4)29(10-15-7-16(18(23)30)27-26-15)28-12(3)14-8-24-17(25-9-14)5-6-19(20,21)22/h7-9,11H,4-6,10H2,1-3H3,(H2,23,30)(H,26,27)/b28-12+. The largest absolute Gasteiger partial charge is 0.389 e. The Bertz CT molecular complexity index is 917. The molecule has 11 heteroatoms. The number of amides is 1. The lowest BCUT2D eigenvalue weighted by Crippen LogP contribution is -2.21. The number of alkyl halides is 3. The molecular weight excluding hydrogens is 399 g/mol. The van der Waals surface area contributed by atoms with Crippen LogP contribution < -0.4 is 5.73 Å². The molecule has 0 atom stereocenters. The molecule has 2 heterocycles. The number of carbonyl (C=O) groups is 1. The third-order valence-electron chi connectivity index (χ3n) is 4.23. The minimum absolute atomic E-state index is 0.0843. The number of hydrazone groups is 1. The number of rotatable bonds is 9. The molecule has 0 aliphatic rings. The fraction of sp³-hybridized carbons (Fsp3) is 0.421. The minimum Gasteiger partial charge on any atom is -0.364 e. The number of aromatic amines is 1. The van der Waals surface area contributed by atoms with E-state index in [9.17, 15) is 18.0 Å². The van der Waals surface area contributed by atoms with Gasteiger partial charge >= 0.3 is 6.18 Å². The highest BCUT2D eigenvalue weighted by atomic mass is 19.4. The highest BCUT2D eigenvalue weighted by molar-refractivity contribution is 5.98. The number of aromatic nitrogens is 4. The molecule has 0 saturated heterocycles. The van der Waals surface area contributed by atoms with Crippen molar-refractivity contribution >= 4 is 11.6 Å². The van der Waals surface area contributed by atoms with E-state index in [-0.39, 0.29) is 30.4 Å². The van der Waals surface area contributed by atoms with Crippen molar-refractivity contribution in [3.05, 3.63) is 53.5 Å². The fourth-order valence-electron chi connectivity index (χ4n) is 2.39. The van der Waals surface area contributed by atoms with Gasteiger partial charge in [-0.25, -0.2) is 9.97 Å². The first-order valence-electron chi connectivity index (χ1n) is 9.20. The number of nitrogens with one attached hydrogen (secondary N) is 1. The fourth-order valence-corrected chi connectivity index (χ4v) is 2.39. The highest BCUT2D eigenvalue weighted by Crippen LogP contribution is 2.21. The van der Waals surface area contributed by atoms with Crippen LogP contribution in [0.5, 0.6) is 0 Å². The van der Waals surface area contributed by atoms with Gasteiger partial charge in [0.2, 0.25) is 0 Å². The molecule has 0 saturated carbocycles. The van der Waals surface area contributed by atoms with Crippen molar-refractivity contribution in [2.75, 3.05) is 0 Å². The normalized spacial score (nSPS) is 12.3. The molecule has 0 unspecified atom stereocenters. The van der Waals surface area contributed by atoms with Gasteiger partial charge in [0.25, 0.3) is 5.91 Å². The first-order chi connectivity index (χ1) is 14.0. The Kier molecular flexibility index (Phi) is 7.30. The quantitative estimate of drug-likeness (QED) is 0.475. The zero-order chi connectivity index (χ0) is 22.5. The van der Waals surface area contributed by atoms with Gasteiger partial charge in [0.1, 0.15) is 11.5 Å². The summed E-state index contributed by atoms with van der Waals surface area (Å²) >= 11 is 0. The Morgan fingerprint density at radius 2 is 1.97 bits per heavy atom. The Hall–Kier alpha value is -3.24. The lowest BCUT2D eigenvalue weighted by atomic mass is 10.1. The number of carbonyl (C=O) groups excluding carboxylic acids is 1. The van der Waals surface area contributed by atoms with Crippen LogP contribution in [0.4, 0.5) is 13.2 Å². The molecule has 162 valence electrons. The molecule has 0 aromatic carbocycles. The second kappa shape index (κ2) is 9.51. The Labute approximate surface area is 172 Å². The van der Waals surface area contributed by atoms with Crippen LogP contribution in [-0.2, 0) is 13.0 Å². The van der Waals surface area contributed by atoms with E-state index < -0.39 is 18.5 Å². The maximum atomic E-state index is 12.3. The SMILES string of the molecule is C=C(C(C)C)N(Cc1cc(C(N)=O)n[nH]1)/N=C(\C)c1cnc(CCC(F)(F)F)nc1. The average molecular weight is 423 g/mol. The summed E-state index contributed by atoms with van der Waals surface area (Å²) in [5, 5.41) is 12.8. The van der Waals surface area contributed by atoms with Crippen molar-refractivity contribution in [2.24, 2.45) is 16.8 Å². The topological polar surface area (TPSA) is 113 Å². The summed E-state index contributed by atoms with van der Waals surface area (Å²) < 4.78 is 37.0. The zero-order valence-corrected chi connectivity index (χ0v) is 17.0. The minimum atomic E-state index is -4.25. The van der Waals surface area contributed by atoms with Gasteiger partial charge in [-0.15, -0.1) is 0 Å². The van der Waals surface area contributed by atoms with Gasteiger partial charge in [-0.3, -0.25) is 14.9 Å². The second-order valence-corrected chi connectivity index (χ2v) is 7.03. The molecule has 1 amide bonds. The number of hydrogen-bond acceptors (Lipinski definition) is 6. The van der Waals surface area contributed by atoms with E-state index in [1.165, 1.54) is 18.5 Å². The zero-order valence-electron chi connectivity index (χ0n) is 17.0. The molecule has 2 aromatic heterocycles. The molecule has 2 rings (SSSR count). The first-order valence-corrected chi connectivity index (χ1v) is 9.20. The van der Waals surface area contributed by atoms with Gasteiger partial charge in [-0.2, -0.15) is 23.4 Å². The number of allylic oxidation sites excluding steroid dienone is 1. The number of hydrogen-bond donors (Lipinski definition) is 2. The van der Waals surface area contributed by atoms with Crippen LogP contribution >= 0.6 is 0 Å². The van der Waals surface area contributed by atoms with E-state index in [2.05, 4.69) is 31.8 Å². The van der Waals surface area contributed by atoms with E-state index in [1.807, 2.05) is 13.8 Å². The van der Waals surface area contributed by atoms with Crippen LogP contribution in [0.1, 0.15) is 54.8 Å². The number of nitrogens with zero attached hydrogens (tertiary/aromatic N) is 5. The van der Waals surface area contributed by atoms with Crippen molar-refractivity contribution in [1.82, 2.24) is 25.2 Å². The van der Waals surface area contributed by atoms with Crippen LogP contribution in [0.25, 0.3) is 0 Å². The number of H-pyrrole nitrogens is 1. The second-order valence-electron chi connectivity index (χ2n) is 7.03. The van der Waals surface area contributed by atoms with Gasteiger partial charge in [-0.05, 0) is 18.9 Å². The Morgan fingerprint density at radius 3 is 2.47 bits per heavy atom. The van der Waals surface area contributed by atoms with Crippen LogP contribution in [0, 0.1) is 5.92 Å². The van der Waals surface area contributed by atoms with E-state index in [0.717, 1.165) is 0 Å². The van der Waals surface area contributed by atoms with Crippen molar-refractivity contribution in [3.63, 3.8) is 0 Å². The lowest BCUT2D eigenvalue weighted by Gasteiger charge is -2.24. The number of halogens is 3.